The standard InChI is InChI=1S/C19H37N3O3/c1-4-20-19(21-13-16(7-9-23)12-15(2)3)22-8-11-25-18(14-22)17-6-5-10-24-17/h15-18,23H,4-14H2,1-3H3,(H,20,21). The highest BCUT2D eigenvalue weighted by Gasteiger charge is 2.32. The summed E-state index contributed by atoms with van der Waals surface area (Å²) in [5.74, 6) is 2.04. The Morgan fingerprint density at radius 3 is 2.72 bits per heavy atom. The van der Waals surface area contributed by atoms with Crippen molar-refractivity contribution in [2.45, 2.75) is 58.7 Å². The fraction of sp³-hybridized carbons (Fsp3) is 0.947. The largest absolute Gasteiger partial charge is 0.396 e. The van der Waals surface area contributed by atoms with Crippen LogP contribution in [0.25, 0.3) is 0 Å². The van der Waals surface area contributed by atoms with Crippen LogP contribution in [0.2, 0.25) is 0 Å². The second kappa shape index (κ2) is 11.0. The lowest BCUT2D eigenvalue weighted by molar-refractivity contribution is -0.0817. The maximum atomic E-state index is 9.32. The van der Waals surface area contributed by atoms with Gasteiger partial charge in [-0.1, -0.05) is 13.8 Å². The van der Waals surface area contributed by atoms with Crippen LogP contribution in [0.5, 0.6) is 0 Å². The Balaban J connectivity index is 1.96. The van der Waals surface area contributed by atoms with Crippen molar-refractivity contribution in [3.05, 3.63) is 0 Å². The first kappa shape index (κ1) is 20.5. The molecule has 2 saturated heterocycles. The van der Waals surface area contributed by atoms with Gasteiger partial charge in [0.25, 0.3) is 0 Å². The number of aliphatic imine (C=N–C) groups is 1. The SMILES string of the molecule is CCNC(=NCC(CCO)CC(C)C)N1CCOC(C2CCCO2)C1. The van der Waals surface area contributed by atoms with E-state index in [1.54, 1.807) is 0 Å². The molecule has 0 saturated carbocycles. The molecule has 6 heteroatoms. The van der Waals surface area contributed by atoms with Crippen molar-refractivity contribution >= 4 is 5.96 Å². The predicted octanol–water partition coefficient (Wildman–Crippen LogP) is 1.88. The molecule has 146 valence electrons. The molecule has 6 nitrogen and oxygen atoms in total. The van der Waals surface area contributed by atoms with E-state index in [1.165, 1.54) is 0 Å². The highest BCUT2D eigenvalue weighted by Crippen LogP contribution is 2.21. The van der Waals surface area contributed by atoms with Crippen LogP contribution >= 0.6 is 0 Å². The molecule has 0 aromatic rings. The van der Waals surface area contributed by atoms with E-state index >= 15 is 0 Å². The van der Waals surface area contributed by atoms with Gasteiger partial charge >= 0.3 is 0 Å². The molecule has 3 unspecified atom stereocenters. The monoisotopic (exact) mass is 355 g/mol. The molecule has 0 aliphatic carbocycles. The minimum absolute atomic E-state index is 0.143. The lowest BCUT2D eigenvalue weighted by atomic mass is 9.94. The molecular weight excluding hydrogens is 318 g/mol. The third-order valence-corrected chi connectivity index (χ3v) is 4.95. The molecule has 3 atom stereocenters. The molecule has 0 aromatic heterocycles. The van der Waals surface area contributed by atoms with Gasteiger partial charge in [0.15, 0.2) is 5.96 Å². The van der Waals surface area contributed by atoms with E-state index in [0.717, 1.165) is 71.0 Å². The molecule has 0 spiro atoms. The number of nitrogens with zero attached hydrogens (tertiary/aromatic N) is 2. The van der Waals surface area contributed by atoms with Crippen molar-refractivity contribution in [3.8, 4) is 0 Å². The molecular formula is C19H37N3O3. The summed E-state index contributed by atoms with van der Waals surface area (Å²) in [6.07, 6.45) is 4.53. The number of rotatable bonds is 8. The summed E-state index contributed by atoms with van der Waals surface area (Å²) in [5, 5.41) is 12.7. The zero-order valence-corrected chi connectivity index (χ0v) is 16.2. The number of hydrogen-bond donors (Lipinski definition) is 2. The quantitative estimate of drug-likeness (QED) is 0.514. The van der Waals surface area contributed by atoms with Crippen molar-refractivity contribution in [2.75, 3.05) is 46.0 Å². The highest BCUT2D eigenvalue weighted by molar-refractivity contribution is 5.80. The zero-order valence-electron chi connectivity index (χ0n) is 16.2. The maximum Gasteiger partial charge on any atom is 0.194 e. The van der Waals surface area contributed by atoms with E-state index in [9.17, 15) is 5.11 Å². The van der Waals surface area contributed by atoms with Crippen LogP contribution in [0.1, 0.15) is 46.5 Å². The van der Waals surface area contributed by atoms with Crippen LogP contribution in [0.15, 0.2) is 4.99 Å². The van der Waals surface area contributed by atoms with Crippen molar-refractivity contribution in [1.29, 1.82) is 0 Å². The van der Waals surface area contributed by atoms with Gasteiger partial charge in [-0.25, -0.2) is 0 Å². The van der Waals surface area contributed by atoms with Gasteiger partial charge in [-0.3, -0.25) is 4.99 Å². The van der Waals surface area contributed by atoms with E-state index in [1.807, 2.05) is 0 Å². The number of nitrogens with one attached hydrogen (secondary N) is 1. The Morgan fingerprint density at radius 2 is 2.08 bits per heavy atom. The Bertz CT molecular complexity index is 397. The fourth-order valence-electron chi connectivity index (χ4n) is 3.76. The average molecular weight is 356 g/mol. The van der Waals surface area contributed by atoms with E-state index in [0.29, 0.717) is 11.8 Å². The summed E-state index contributed by atoms with van der Waals surface area (Å²) in [6, 6.07) is 0. The maximum absolute atomic E-state index is 9.32. The Kier molecular flexibility index (Phi) is 8.99. The Hall–Kier alpha value is -0.850. The number of morpholine rings is 1. The highest BCUT2D eigenvalue weighted by atomic mass is 16.5. The van der Waals surface area contributed by atoms with Gasteiger partial charge < -0.3 is 24.8 Å². The number of ether oxygens (including phenoxy) is 2. The number of aliphatic hydroxyl groups excluding tert-OH is 1. The molecule has 0 aromatic carbocycles. The predicted molar refractivity (Wildman–Crippen MR) is 101 cm³/mol. The summed E-state index contributed by atoms with van der Waals surface area (Å²) in [7, 11) is 0. The lowest BCUT2D eigenvalue weighted by Gasteiger charge is -2.37. The van der Waals surface area contributed by atoms with Crippen LogP contribution < -0.4 is 5.32 Å². The third kappa shape index (κ3) is 6.76. The van der Waals surface area contributed by atoms with Crippen LogP contribution in [-0.2, 0) is 9.47 Å². The molecule has 2 fully saturated rings. The molecule has 2 heterocycles. The molecule has 25 heavy (non-hydrogen) atoms. The Labute approximate surface area is 153 Å². The van der Waals surface area contributed by atoms with Crippen LogP contribution in [-0.4, -0.2) is 74.2 Å². The smallest absolute Gasteiger partial charge is 0.194 e. The van der Waals surface area contributed by atoms with Gasteiger partial charge in [-0.15, -0.1) is 0 Å². The topological polar surface area (TPSA) is 66.3 Å². The van der Waals surface area contributed by atoms with Crippen LogP contribution in [0, 0.1) is 11.8 Å². The molecule has 2 rings (SSSR count). The second-order valence-electron chi connectivity index (χ2n) is 7.61. The molecule has 2 N–H and O–H groups in total. The summed E-state index contributed by atoms with van der Waals surface area (Å²) >= 11 is 0. The first-order valence-electron chi connectivity index (χ1n) is 10.0. The van der Waals surface area contributed by atoms with Crippen molar-refractivity contribution < 1.29 is 14.6 Å². The first-order valence-corrected chi connectivity index (χ1v) is 10.0. The van der Waals surface area contributed by atoms with Gasteiger partial charge in [0.2, 0.25) is 0 Å². The fourth-order valence-corrected chi connectivity index (χ4v) is 3.76. The van der Waals surface area contributed by atoms with Gasteiger partial charge in [0.1, 0.15) is 6.10 Å². The number of hydrogen-bond acceptors (Lipinski definition) is 4. The van der Waals surface area contributed by atoms with Crippen molar-refractivity contribution in [1.82, 2.24) is 10.2 Å². The van der Waals surface area contributed by atoms with E-state index in [4.69, 9.17) is 14.5 Å². The number of guanidine groups is 1. The molecule has 2 aliphatic rings. The summed E-state index contributed by atoms with van der Waals surface area (Å²) in [5.41, 5.74) is 0. The summed E-state index contributed by atoms with van der Waals surface area (Å²) in [6.45, 7) is 11.7. The normalized spacial score (nSPS) is 26.3. The van der Waals surface area contributed by atoms with E-state index < -0.39 is 0 Å². The molecule has 0 bridgehead atoms. The lowest BCUT2D eigenvalue weighted by Crippen LogP contribution is -2.53. The van der Waals surface area contributed by atoms with Gasteiger partial charge in [-0.05, 0) is 44.4 Å². The second-order valence-corrected chi connectivity index (χ2v) is 7.61. The van der Waals surface area contributed by atoms with Gasteiger partial charge in [0, 0.05) is 39.4 Å². The van der Waals surface area contributed by atoms with E-state index in [-0.39, 0.29) is 18.8 Å². The number of aliphatic hydroxyl groups is 1. The average Bonchev–Trinajstić information content (AvgIpc) is 3.13. The third-order valence-electron chi connectivity index (χ3n) is 4.95. The molecule has 0 radical (unpaired) electrons. The zero-order chi connectivity index (χ0) is 18.1. The van der Waals surface area contributed by atoms with Crippen molar-refractivity contribution in [3.63, 3.8) is 0 Å². The van der Waals surface area contributed by atoms with Gasteiger partial charge in [0.05, 0.1) is 12.7 Å². The minimum atomic E-state index is 0.143. The molecule has 0 amide bonds. The molecule has 2 aliphatic heterocycles. The first-order chi connectivity index (χ1) is 12.1. The van der Waals surface area contributed by atoms with Gasteiger partial charge in [-0.2, -0.15) is 0 Å². The summed E-state index contributed by atoms with van der Waals surface area (Å²) < 4.78 is 11.8. The summed E-state index contributed by atoms with van der Waals surface area (Å²) in [4.78, 5) is 7.20. The Morgan fingerprint density at radius 1 is 1.28 bits per heavy atom. The van der Waals surface area contributed by atoms with Crippen molar-refractivity contribution in [2.24, 2.45) is 16.8 Å². The van der Waals surface area contributed by atoms with E-state index in [2.05, 4.69) is 31.0 Å². The van der Waals surface area contributed by atoms with Crippen LogP contribution in [0.3, 0.4) is 0 Å². The minimum Gasteiger partial charge on any atom is -0.396 e. The van der Waals surface area contributed by atoms with Crippen LogP contribution in [0.4, 0.5) is 0 Å².